The predicted octanol–water partition coefficient (Wildman–Crippen LogP) is 5.51. The average Bonchev–Trinajstić information content (AvgIpc) is 3.51. The Hall–Kier alpha value is -3.74. The van der Waals surface area contributed by atoms with Crippen LogP contribution in [0, 0.1) is 10.5 Å². The summed E-state index contributed by atoms with van der Waals surface area (Å²) in [5.41, 5.74) is -3.99. The van der Waals surface area contributed by atoms with Crippen LogP contribution < -0.4 is 10.6 Å². The smallest absolute Gasteiger partial charge is 0.352 e. The molecular formula is C24H18ClF6IN8O2. The van der Waals surface area contributed by atoms with Gasteiger partial charge in [0.05, 0.1) is 22.0 Å². The van der Waals surface area contributed by atoms with Gasteiger partial charge in [-0.1, -0.05) is 11.6 Å². The summed E-state index contributed by atoms with van der Waals surface area (Å²) in [7, 11) is 0. The average molecular weight is 727 g/mol. The molecule has 4 aromatic rings. The van der Waals surface area contributed by atoms with Crippen molar-refractivity contribution in [2.75, 3.05) is 11.9 Å². The molecule has 1 aromatic carbocycles. The Kier molecular flexibility index (Phi) is 8.81. The van der Waals surface area contributed by atoms with Crippen LogP contribution in [0.4, 0.5) is 32.0 Å². The van der Waals surface area contributed by atoms with Gasteiger partial charge in [-0.25, -0.2) is 9.67 Å². The zero-order chi connectivity index (χ0) is 31.0. The number of rotatable bonds is 7. The molecule has 0 spiro atoms. The van der Waals surface area contributed by atoms with Crippen molar-refractivity contribution in [2.24, 2.45) is 0 Å². The van der Waals surface area contributed by atoms with E-state index in [0.717, 1.165) is 14.3 Å². The maximum absolute atomic E-state index is 13.6. The zero-order valence-electron chi connectivity index (χ0n) is 21.4. The van der Waals surface area contributed by atoms with Gasteiger partial charge in [-0.05, 0) is 72.3 Å². The molecule has 0 fully saturated rings. The van der Waals surface area contributed by atoms with E-state index in [4.69, 9.17) is 11.6 Å². The summed E-state index contributed by atoms with van der Waals surface area (Å²) in [5.74, 6) is -1.34. The lowest BCUT2D eigenvalue weighted by Crippen LogP contribution is -2.26. The lowest BCUT2D eigenvalue weighted by atomic mass is 10.1. The first-order valence-corrected chi connectivity index (χ1v) is 13.2. The minimum absolute atomic E-state index is 0.0330. The van der Waals surface area contributed by atoms with Crippen molar-refractivity contribution in [3.8, 4) is 5.82 Å². The van der Waals surface area contributed by atoms with Crippen LogP contribution >= 0.6 is 34.2 Å². The van der Waals surface area contributed by atoms with Gasteiger partial charge in [-0.15, -0.1) is 10.2 Å². The minimum atomic E-state index is -5.43. The Labute approximate surface area is 251 Å². The summed E-state index contributed by atoms with van der Waals surface area (Å²) in [6, 6.07) is 7.32. The summed E-state index contributed by atoms with van der Waals surface area (Å²) < 4.78 is 81.1. The Bertz CT molecular complexity index is 1640. The van der Waals surface area contributed by atoms with Gasteiger partial charge in [0, 0.05) is 16.3 Å². The summed E-state index contributed by atoms with van der Waals surface area (Å²) in [6.07, 6.45) is -9.52. The minimum Gasteiger partial charge on any atom is -0.352 e. The summed E-state index contributed by atoms with van der Waals surface area (Å²) in [5, 5.41) is 15.4. The van der Waals surface area contributed by atoms with Crippen LogP contribution in [0.1, 0.15) is 50.4 Å². The Balaban J connectivity index is 1.79. The second-order valence-electron chi connectivity index (χ2n) is 8.62. The van der Waals surface area contributed by atoms with Gasteiger partial charge in [0.1, 0.15) is 12.2 Å². The first-order valence-electron chi connectivity index (χ1n) is 11.8. The standard InChI is InChI=1S/C24H18ClF6IN8O2/c1-3-33-21(41)14-8-12(32)7-11(2)17(14)35-22(42)16-9-13(36-40(16)20-15(25)5-4-6-34-20)10-39-37-18(23(26,27)28)19(38-39)24(29,30)31/h4-9H,3,10H2,1-2H3,(H,33,41)(H,35,42). The zero-order valence-corrected chi connectivity index (χ0v) is 24.3. The van der Waals surface area contributed by atoms with E-state index >= 15 is 0 Å². The third kappa shape index (κ3) is 6.66. The van der Waals surface area contributed by atoms with E-state index in [1.165, 1.54) is 18.3 Å². The molecule has 3 aromatic heterocycles. The molecule has 0 aliphatic carbocycles. The molecule has 0 aliphatic heterocycles. The number of benzene rings is 1. The summed E-state index contributed by atoms with van der Waals surface area (Å²) >= 11 is 8.26. The molecule has 0 saturated heterocycles. The number of anilines is 1. The number of aryl methyl sites for hydroxylation is 1. The molecule has 4 rings (SSSR count). The Morgan fingerprint density at radius 1 is 1.00 bits per heavy atom. The number of nitrogens with zero attached hydrogens (tertiary/aromatic N) is 6. The van der Waals surface area contributed by atoms with Crippen LogP contribution in [-0.4, -0.2) is 48.1 Å². The van der Waals surface area contributed by atoms with E-state index in [0.29, 0.717) is 12.1 Å². The van der Waals surface area contributed by atoms with Gasteiger partial charge in [0.25, 0.3) is 11.8 Å². The monoisotopic (exact) mass is 726 g/mol. The highest BCUT2D eigenvalue weighted by Gasteiger charge is 2.48. The van der Waals surface area contributed by atoms with Crippen LogP contribution in [0.5, 0.6) is 0 Å². The number of pyridine rings is 1. The third-order valence-electron chi connectivity index (χ3n) is 5.55. The first-order chi connectivity index (χ1) is 19.6. The number of halogens is 8. The summed E-state index contributed by atoms with van der Waals surface area (Å²) in [6.45, 7) is 2.93. The number of hydrogen-bond acceptors (Lipinski definition) is 6. The molecule has 0 bridgehead atoms. The molecule has 0 radical (unpaired) electrons. The lowest BCUT2D eigenvalue weighted by molar-refractivity contribution is -0.165. The molecule has 3 heterocycles. The number of aromatic nitrogens is 6. The van der Waals surface area contributed by atoms with Crippen molar-refractivity contribution in [3.63, 3.8) is 0 Å². The highest BCUT2D eigenvalue weighted by Crippen LogP contribution is 2.38. The topological polar surface area (TPSA) is 120 Å². The molecule has 10 nitrogen and oxygen atoms in total. The lowest BCUT2D eigenvalue weighted by Gasteiger charge is -2.15. The summed E-state index contributed by atoms with van der Waals surface area (Å²) in [4.78, 5) is 30.5. The van der Waals surface area contributed by atoms with Crippen molar-refractivity contribution in [1.82, 2.24) is 35.1 Å². The molecule has 0 atom stereocenters. The fourth-order valence-electron chi connectivity index (χ4n) is 3.83. The molecule has 0 unspecified atom stereocenters. The largest absolute Gasteiger partial charge is 0.437 e. The molecule has 0 aliphatic rings. The molecule has 2 amide bonds. The number of nitrogens with one attached hydrogen (secondary N) is 2. The van der Waals surface area contributed by atoms with Crippen LogP contribution in [-0.2, 0) is 18.9 Å². The van der Waals surface area contributed by atoms with Gasteiger partial charge < -0.3 is 10.6 Å². The number of carbonyl (C=O) groups excluding carboxylic acids is 2. The number of alkyl halides is 6. The Morgan fingerprint density at radius 3 is 2.21 bits per heavy atom. The van der Waals surface area contributed by atoms with Crippen molar-refractivity contribution in [3.05, 3.63) is 79.0 Å². The third-order valence-corrected chi connectivity index (χ3v) is 6.47. The van der Waals surface area contributed by atoms with E-state index < -0.39 is 42.1 Å². The quantitative estimate of drug-likeness (QED) is 0.192. The SMILES string of the molecule is CCNC(=O)c1cc(I)cc(C)c1NC(=O)c1cc(Cn2nc(C(F)(F)F)c(C(F)(F)F)n2)nn1-c1ncccc1Cl. The van der Waals surface area contributed by atoms with Gasteiger partial charge in [-0.3, -0.25) is 9.59 Å². The number of carbonyl (C=O) groups is 2. The van der Waals surface area contributed by atoms with Crippen molar-refractivity contribution in [1.29, 1.82) is 0 Å². The van der Waals surface area contributed by atoms with Crippen LogP contribution in [0.15, 0.2) is 36.5 Å². The van der Waals surface area contributed by atoms with E-state index in [1.807, 2.05) is 22.6 Å². The van der Waals surface area contributed by atoms with E-state index in [2.05, 4.69) is 30.9 Å². The van der Waals surface area contributed by atoms with Crippen molar-refractivity contribution < 1.29 is 35.9 Å². The highest BCUT2D eigenvalue weighted by molar-refractivity contribution is 14.1. The number of amides is 2. The first kappa shape index (κ1) is 31.2. The van der Waals surface area contributed by atoms with Gasteiger partial charge in [0.15, 0.2) is 17.2 Å². The number of hydrogen-bond donors (Lipinski definition) is 2. The highest BCUT2D eigenvalue weighted by atomic mass is 127. The molecule has 0 saturated carbocycles. The second-order valence-corrected chi connectivity index (χ2v) is 10.3. The molecule has 2 N–H and O–H groups in total. The molecule has 42 heavy (non-hydrogen) atoms. The fraction of sp³-hybridized carbons (Fsp3) is 0.250. The van der Waals surface area contributed by atoms with Crippen LogP contribution in [0.3, 0.4) is 0 Å². The van der Waals surface area contributed by atoms with Gasteiger partial charge in [0.2, 0.25) is 0 Å². The van der Waals surface area contributed by atoms with Crippen LogP contribution in [0.2, 0.25) is 5.02 Å². The second kappa shape index (κ2) is 11.9. The van der Waals surface area contributed by atoms with E-state index in [9.17, 15) is 35.9 Å². The fourth-order valence-corrected chi connectivity index (χ4v) is 4.81. The van der Waals surface area contributed by atoms with Gasteiger partial charge in [-0.2, -0.15) is 36.2 Å². The maximum Gasteiger partial charge on any atom is 0.437 e. The van der Waals surface area contributed by atoms with Crippen LogP contribution in [0.25, 0.3) is 5.82 Å². The maximum atomic E-state index is 13.6. The van der Waals surface area contributed by atoms with E-state index in [1.54, 1.807) is 26.0 Å². The van der Waals surface area contributed by atoms with Crippen molar-refractivity contribution >= 4 is 51.7 Å². The molecular weight excluding hydrogens is 709 g/mol. The molecule has 18 heteroatoms. The molecule has 222 valence electrons. The van der Waals surface area contributed by atoms with Crippen molar-refractivity contribution in [2.45, 2.75) is 32.7 Å². The normalized spacial score (nSPS) is 12.0. The van der Waals surface area contributed by atoms with Gasteiger partial charge >= 0.3 is 12.4 Å². The predicted molar refractivity (Wildman–Crippen MR) is 145 cm³/mol. The Morgan fingerprint density at radius 2 is 1.64 bits per heavy atom. The van der Waals surface area contributed by atoms with E-state index in [-0.39, 0.29) is 38.3 Å².